The molecule has 2 rings (SSSR count). The number of hydrogen-bond donors (Lipinski definition) is 3. The average Bonchev–Trinajstić information content (AvgIpc) is 2.37. The molecule has 5 nitrogen and oxygen atoms in total. The smallest absolute Gasteiger partial charge is 0.327 e. The number of benzene rings is 1. The van der Waals surface area contributed by atoms with Crippen molar-refractivity contribution in [3.05, 3.63) is 29.3 Å². The van der Waals surface area contributed by atoms with Gasteiger partial charge in [0, 0.05) is 6.54 Å². The molecule has 0 aromatic heterocycles. The van der Waals surface area contributed by atoms with Crippen LogP contribution in [0.2, 0.25) is 0 Å². The van der Waals surface area contributed by atoms with Gasteiger partial charge in [0.25, 0.3) is 0 Å². The van der Waals surface area contributed by atoms with Gasteiger partial charge in [0.15, 0.2) is 0 Å². The highest BCUT2D eigenvalue weighted by molar-refractivity contribution is 5.78. The molecule has 1 aliphatic heterocycles. The number of phenols is 1. The zero-order valence-corrected chi connectivity index (χ0v) is 11.1. The molecule has 104 valence electrons. The first kappa shape index (κ1) is 13.8. The fourth-order valence-corrected chi connectivity index (χ4v) is 2.11. The Morgan fingerprint density at radius 3 is 2.89 bits per heavy atom. The number of nitrogens with one attached hydrogen (secondary N) is 1. The van der Waals surface area contributed by atoms with E-state index in [0.717, 1.165) is 0 Å². The number of ether oxygens (including phenoxy) is 1. The highest BCUT2D eigenvalue weighted by atomic mass is 16.5. The number of aromatic hydroxyl groups is 1. The van der Waals surface area contributed by atoms with E-state index in [1.54, 1.807) is 6.07 Å². The van der Waals surface area contributed by atoms with Crippen molar-refractivity contribution in [1.82, 2.24) is 5.32 Å². The molecule has 5 heteroatoms. The van der Waals surface area contributed by atoms with Gasteiger partial charge >= 0.3 is 5.97 Å². The Labute approximate surface area is 112 Å². The zero-order chi connectivity index (χ0) is 14.0. The van der Waals surface area contributed by atoms with E-state index in [9.17, 15) is 15.0 Å². The van der Waals surface area contributed by atoms with E-state index in [2.05, 4.69) is 5.32 Å². The lowest BCUT2D eigenvalue weighted by Gasteiger charge is -2.29. The van der Waals surface area contributed by atoms with Crippen LogP contribution in [0.25, 0.3) is 0 Å². The molecule has 1 aromatic rings. The summed E-state index contributed by atoms with van der Waals surface area (Å²) in [5.41, 5.74) is 1.23. The van der Waals surface area contributed by atoms with Crippen molar-refractivity contribution in [2.75, 3.05) is 13.2 Å². The molecule has 2 atom stereocenters. The van der Waals surface area contributed by atoms with Gasteiger partial charge in [0.2, 0.25) is 0 Å². The first-order chi connectivity index (χ1) is 8.99. The van der Waals surface area contributed by atoms with Gasteiger partial charge in [0.1, 0.15) is 11.8 Å². The third-order valence-electron chi connectivity index (χ3n) is 3.05. The van der Waals surface area contributed by atoms with Gasteiger partial charge in [0.05, 0.1) is 12.7 Å². The Hall–Kier alpha value is -1.59. The summed E-state index contributed by atoms with van der Waals surface area (Å²) in [6, 6.07) is 4.05. The number of esters is 1. The van der Waals surface area contributed by atoms with Crippen molar-refractivity contribution in [3.63, 3.8) is 0 Å². The molecule has 3 N–H and O–H groups in total. The summed E-state index contributed by atoms with van der Waals surface area (Å²) in [7, 11) is 0. The standard InChI is InChI=1S/C14H19NO4/c1-8(2)7-19-14(18)13-10-4-3-9(16)5-11(10)12(17)6-15-13/h3-5,8,12-13,15-17H,6-7H2,1-2H3/t12-,13+/m0/s1. The highest BCUT2D eigenvalue weighted by Gasteiger charge is 2.31. The second-order valence-corrected chi connectivity index (χ2v) is 5.19. The number of aliphatic hydroxyl groups excluding tert-OH is 1. The molecule has 0 unspecified atom stereocenters. The van der Waals surface area contributed by atoms with Crippen LogP contribution in [-0.2, 0) is 9.53 Å². The predicted octanol–water partition coefficient (Wildman–Crippen LogP) is 1.27. The molecule has 0 saturated heterocycles. The minimum atomic E-state index is -0.726. The van der Waals surface area contributed by atoms with Crippen LogP contribution in [0.15, 0.2) is 18.2 Å². The summed E-state index contributed by atoms with van der Waals surface area (Å²) >= 11 is 0. The Bertz CT molecular complexity index is 473. The van der Waals surface area contributed by atoms with Crippen LogP contribution < -0.4 is 5.32 Å². The van der Waals surface area contributed by atoms with E-state index in [4.69, 9.17) is 4.74 Å². The summed E-state index contributed by atoms with van der Waals surface area (Å²) in [6.45, 7) is 4.57. The fraction of sp³-hybridized carbons (Fsp3) is 0.500. The number of carbonyl (C=O) groups is 1. The van der Waals surface area contributed by atoms with Gasteiger partial charge in [-0.2, -0.15) is 0 Å². The van der Waals surface area contributed by atoms with Gasteiger partial charge in [-0.25, -0.2) is 4.79 Å². The molecule has 0 spiro atoms. The molecular weight excluding hydrogens is 246 g/mol. The summed E-state index contributed by atoms with van der Waals surface area (Å²) < 4.78 is 5.22. The van der Waals surface area contributed by atoms with Crippen LogP contribution in [0, 0.1) is 5.92 Å². The number of β-amino-alcohol motifs (C(OH)–C–C–N with tert-alkyl or cyclic N) is 1. The summed E-state index contributed by atoms with van der Waals surface area (Å²) in [6.07, 6.45) is -0.726. The van der Waals surface area contributed by atoms with E-state index in [1.807, 2.05) is 13.8 Å². The lowest BCUT2D eigenvalue weighted by Crippen LogP contribution is -2.38. The van der Waals surface area contributed by atoms with Gasteiger partial charge in [-0.15, -0.1) is 0 Å². The quantitative estimate of drug-likeness (QED) is 0.717. The zero-order valence-electron chi connectivity index (χ0n) is 11.1. The molecule has 1 aromatic carbocycles. The minimum absolute atomic E-state index is 0.0778. The van der Waals surface area contributed by atoms with Crippen LogP contribution >= 0.6 is 0 Å². The van der Waals surface area contributed by atoms with Crippen molar-refractivity contribution in [1.29, 1.82) is 0 Å². The Morgan fingerprint density at radius 1 is 1.47 bits per heavy atom. The molecule has 0 amide bonds. The number of phenolic OH excluding ortho intramolecular Hbond substituents is 1. The number of hydrogen-bond acceptors (Lipinski definition) is 5. The average molecular weight is 265 g/mol. The van der Waals surface area contributed by atoms with Crippen molar-refractivity contribution < 1.29 is 19.7 Å². The maximum atomic E-state index is 12.0. The SMILES string of the molecule is CC(C)COC(=O)[C@@H]1NC[C@H](O)c2cc(O)ccc21. The molecule has 0 saturated carbocycles. The van der Waals surface area contributed by atoms with Crippen molar-refractivity contribution in [2.24, 2.45) is 5.92 Å². The molecule has 1 aliphatic rings. The first-order valence-electron chi connectivity index (χ1n) is 6.40. The Kier molecular flexibility index (Phi) is 4.07. The van der Waals surface area contributed by atoms with Crippen LogP contribution in [0.1, 0.15) is 37.1 Å². The van der Waals surface area contributed by atoms with Crippen molar-refractivity contribution >= 4 is 5.97 Å². The molecule has 1 heterocycles. The second-order valence-electron chi connectivity index (χ2n) is 5.19. The maximum absolute atomic E-state index is 12.0. The normalized spacial score (nSPS) is 22.1. The highest BCUT2D eigenvalue weighted by Crippen LogP contribution is 2.32. The minimum Gasteiger partial charge on any atom is -0.508 e. The fourth-order valence-electron chi connectivity index (χ4n) is 2.11. The molecule has 19 heavy (non-hydrogen) atoms. The van der Waals surface area contributed by atoms with Gasteiger partial charge in [-0.3, -0.25) is 5.32 Å². The Morgan fingerprint density at radius 2 is 2.21 bits per heavy atom. The molecule has 0 fully saturated rings. The second kappa shape index (κ2) is 5.59. The Balaban J connectivity index is 2.21. The molecule has 0 bridgehead atoms. The van der Waals surface area contributed by atoms with Crippen LogP contribution in [0.3, 0.4) is 0 Å². The van der Waals surface area contributed by atoms with Crippen LogP contribution in [-0.4, -0.2) is 29.3 Å². The van der Waals surface area contributed by atoms with E-state index < -0.39 is 12.1 Å². The largest absolute Gasteiger partial charge is 0.508 e. The van der Waals surface area contributed by atoms with E-state index >= 15 is 0 Å². The number of aliphatic hydroxyl groups is 1. The van der Waals surface area contributed by atoms with Gasteiger partial charge in [-0.1, -0.05) is 19.9 Å². The number of rotatable bonds is 3. The maximum Gasteiger partial charge on any atom is 0.327 e. The van der Waals surface area contributed by atoms with Gasteiger partial charge < -0.3 is 14.9 Å². The van der Waals surface area contributed by atoms with Crippen LogP contribution in [0.5, 0.6) is 5.75 Å². The number of fused-ring (bicyclic) bond motifs is 1. The third kappa shape index (κ3) is 3.05. The van der Waals surface area contributed by atoms with E-state index in [1.165, 1.54) is 12.1 Å². The lowest BCUT2D eigenvalue weighted by atomic mass is 9.92. The molecule has 0 aliphatic carbocycles. The van der Waals surface area contributed by atoms with Gasteiger partial charge in [-0.05, 0) is 29.2 Å². The summed E-state index contributed by atoms with van der Waals surface area (Å²) in [5, 5.41) is 22.3. The monoisotopic (exact) mass is 265 g/mol. The first-order valence-corrected chi connectivity index (χ1v) is 6.40. The topological polar surface area (TPSA) is 78.8 Å². The summed E-state index contributed by atoms with van der Waals surface area (Å²) in [5.74, 6) is -0.000966. The third-order valence-corrected chi connectivity index (χ3v) is 3.05. The lowest BCUT2D eigenvalue weighted by molar-refractivity contribution is -0.147. The van der Waals surface area contributed by atoms with Crippen molar-refractivity contribution in [3.8, 4) is 5.75 Å². The summed E-state index contributed by atoms with van der Waals surface area (Å²) in [4.78, 5) is 12.0. The predicted molar refractivity (Wildman–Crippen MR) is 69.6 cm³/mol. The van der Waals surface area contributed by atoms with Crippen molar-refractivity contribution in [2.45, 2.75) is 26.0 Å². The number of carbonyl (C=O) groups excluding carboxylic acids is 1. The molecule has 0 radical (unpaired) electrons. The van der Waals surface area contributed by atoms with Crippen LogP contribution in [0.4, 0.5) is 0 Å². The van der Waals surface area contributed by atoms with E-state index in [0.29, 0.717) is 17.7 Å². The molecular formula is C14H19NO4. The van der Waals surface area contributed by atoms with E-state index in [-0.39, 0.29) is 24.2 Å².